The first kappa shape index (κ1) is 20.0. The summed E-state index contributed by atoms with van der Waals surface area (Å²) in [6.45, 7) is 0.176. The van der Waals surface area contributed by atoms with Crippen LogP contribution in [0.15, 0.2) is 36.5 Å². The number of pyridine rings is 1. The molecule has 0 aliphatic rings. The van der Waals surface area contributed by atoms with Gasteiger partial charge in [-0.15, -0.1) is 0 Å². The molecule has 1 unspecified atom stereocenters. The molecule has 0 aliphatic heterocycles. The Morgan fingerprint density at radius 3 is 2.38 bits per heavy atom. The molecule has 26 heavy (non-hydrogen) atoms. The molecule has 138 valence electrons. The number of hydrogen-bond acceptors (Lipinski definition) is 4. The molecule has 9 heteroatoms. The van der Waals surface area contributed by atoms with Gasteiger partial charge in [0.15, 0.2) is 18.2 Å². The number of amides is 2. The van der Waals surface area contributed by atoms with Crippen molar-refractivity contribution in [3.63, 3.8) is 0 Å². The highest BCUT2D eigenvalue weighted by molar-refractivity contribution is 6.32. The number of anilines is 2. The van der Waals surface area contributed by atoms with Crippen molar-refractivity contribution in [1.82, 2.24) is 4.98 Å². The van der Waals surface area contributed by atoms with Gasteiger partial charge in [-0.1, -0.05) is 23.2 Å². The zero-order valence-corrected chi connectivity index (χ0v) is 15.8. The number of carbonyl (C=O) groups is 2. The molecular weight excluding hydrogens is 379 g/mol. The van der Waals surface area contributed by atoms with E-state index in [4.69, 9.17) is 27.9 Å². The second kappa shape index (κ2) is 9.38. The molecule has 0 saturated heterocycles. The molecule has 0 aliphatic carbocycles. The molecule has 0 radical (unpaired) electrons. The van der Waals surface area contributed by atoms with Crippen molar-refractivity contribution < 1.29 is 19.2 Å². The van der Waals surface area contributed by atoms with E-state index >= 15 is 0 Å². The van der Waals surface area contributed by atoms with Crippen LogP contribution >= 0.6 is 23.2 Å². The lowest BCUT2D eigenvalue weighted by atomic mass is 10.3. The van der Waals surface area contributed by atoms with Crippen LogP contribution in [0.4, 0.5) is 11.4 Å². The number of carbonyl (C=O) groups excluding carboxylic acids is 2. The van der Waals surface area contributed by atoms with Gasteiger partial charge < -0.3 is 20.3 Å². The maximum absolute atomic E-state index is 12.2. The Morgan fingerprint density at radius 2 is 1.77 bits per heavy atom. The topological polar surface area (TPSA) is 84.8 Å². The lowest BCUT2D eigenvalue weighted by Gasteiger charge is -2.15. The summed E-state index contributed by atoms with van der Waals surface area (Å²) < 4.78 is 5.19. The van der Waals surface area contributed by atoms with Crippen LogP contribution in [0, 0.1) is 0 Å². The Labute approximate surface area is 161 Å². The molecule has 2 rings (SSSR count). The number of benzene rings is 1. The summed E-state index contributed by atoms with van der Waals surface area (Å²) >= 11 is 11.8. The normalized spacial score (nSPS) is 11.5. The molecule has 3 N–H and O–H groups in total. The molecule has 0 fully saturated rings. The van der Waals surface area contributed by atoms with Gasteiger partial charge in [-0.05, 0) is 30.3 Å². The lowest BCUT2D eigenvalue weighted by Crippen LogP contribution is -3.11. The Kier molecular flexibility index (Phi) is 7.20. The van der Waals surface area contributed by atoms with Gasteiger partial charge >= 0.3 is 0 Å². The number of likely N-dealkylation sites (N-methyl/N-ethyl adjacent to an activating group) is 1. The summed E-state index contributed by atoms with van der Waals surface area (Å²) in [6, 6.07) is 8.26. The largest absolute Gasteiger partial charge is 0.495 e. The number of halogens is 2. The molecule has 1 aromatic heterocycles. The number of ether oxygens (including phenoxy) is 1. The smallest absolute Gasteiger partial charge is 0.279 e. The van der Waals surface area contributed by atoms with Crippen molar-refractivity contribution in [1.29, 1.82) is 0 Å². The first-order valence-corrected chi connectivity index (χ1v) is 8.49. The fourth-order valence-corrected chi connectivity index (χ4v) is 2.60. The average molecular weight is 398 g/mol. The lowest BCUT2D eigenvalue weighted by molar-refractivity contribution is -0.862. The first-order valence-electron chi connectivity index (χ1n) is 7.74. The standard InChI is InChI=1S/C17H18Cl2N4O3/c1-23(9-15(24)21-12-4-3-7-20-17(12)19)10-16(25)22-13-8-11(18)5-6-14(13)26-2/h3-8H,9-10H2,1-2H3,(H,21,24)(H,22,25)/p+1. The predicted octanol–water partition coefficient (Wildman–Crippen LogP) is 1.49. The Hall–Kier alpha value is -2.35. The molecule has 0 saturated carbocycles. The number of methoxy groups -OCH3 is 1. The zero-order chi connectivity index (χ0) is 19.1. The molecule has 1 aromatic carbocycles. The highest BCUT2D eigenvalue weighted by atomic mass is 35.5. The third-order valence-corrected chi connectivity index (χ3v) is 3.93. The Morgan fingerprint density at radius 1 is 1.12 bits per heavy atom. The van der Waals surface area contributed by atoms with Crippen LogP contribution in [0.2, 0.25) is 10.2 Å². The van der Waals surface area contributed by atoms with Crippen LogP contribution in [-0.4, -0.2) is 44.0 Å². The molecule has 2 aromatic rings. The monoisotopic (exact) mass is 397 g/mol. The second-order valence-corrected chi connectivity index (χ2v) is 6.39. The van der Waals surface area contributed by atoms with Crippen molar-refractivity contribution >= 4 is 46.4 Å². The van der Waals surface area contributed by atoms with Crippen molar-refractivity contribution in [2.24, 2.45) is 0 Å². The maximum atomic E-state index is 12.2. The quantitative estimate of drug-likeness (QED) is 0.617. The predicted molar refractivity (Wildman–Crippen MR) is 101 cm³/mol. The van der Waals surface area contributed by atoms with E-state index in [-0.39, 0.29) is 30.1 Å². The van der Waals surface area contributed by atoms with Crippen molar-refractivity contribution in [2.45, 2.75) is 0 Å². The average Bonchev–Trinajstić information content (AvgIpc) is 2.56. The van der Waals surface area contributed by atoms with E-state index in [1.54, 1.807) is 37.4 Å². The minimum atomic E-state index is -0.273. The number of hydrogen-bond donors (Lipinski definition) is 3. The van der Waals surface area contributed by atoms with Gasteiger partial charge in [0.1, 0.15) is 5.75 Å². The van der Waals surface area contributed by atoms with Gasteiger partial charge in [-0.25, -0.2) is 4.98 Å². The van der Waals surface area contributed by atoms with E-state index in [0.29, 0.717) is 27.0 Å². The van der Waals surface area contributed by atoms with Gasteiger partial charge in [0, 0.05) is 11.2 Å². The van der Waals surface area contributed by atoms with E-state index in [1.165, 1.54) is 13.3 Å². The third-order valence-electron chi connectivity index (χ3n) is 3.39. The molecular formula is C17H19Cl2N4O3+. The molecule has 0 spiro atoms. The number of nitrogens with zero attached hydrogens (tertiary/aromatic N) is 1. The summed E-state index contributed by atoms with van der Waals surface area (Å²) in [5.41, 5.74) is 0.907. The van der Waals surface area contributed by atoms with Gasteiger partial charge in [0.25, 0.3) is 11.8 Å². The summed E-state index contributed by atoms with van der Waals surface area (Å²) in [7, 11) is 3.24. The first-order chi connectivity index (χ1) is 12.4. The van der Waals surface area contributed by atoms with Crippen LogP contribution in [0.1, 0.15) is 0 Å². The summed E-state index contributed by atoms with van der Waals surface area (Å²) in [4.78, 5) is 28.9. The third kappa shape index (κ3) is 5.87. The minimum Gasteiger partial charge on any atom is -0.495 e. The minimum absolute atomic E-state index is 0.0872. The summed E-state index contributed by atoms with van der Waals surface area (Å²) in [5.74, 6) is -0.0369. The van der Waals surface area contributed by atoms with Crippen molar-refractivity contribution in [3.8, 4) is 5.75 Å². The molecule has 1 heterocycles. The van der Waals surface area contributed by atoms with Crippen LogP contribution in [0.5, 0.6) is 5.75 Å². The fraction of sp³-hybridized carbons (Fsp3) is 0.235. The van der Waals surface area contributed by atoms with Crippen LogP contribution in [0.25, 0.3) is 0 Å². The van der Waals surface area contributed by atoms with E-state index in [2.05, 4.69) is 15.6 Å². The number of quaternary nitrogens is 1. The number of nitrogens with one attached hydrogen (secondary N) is 3. The van der Waals surface area contributed by atoms with Gasteiger partial charge in [0.05, 0.1) is 25.5 Å². The Bertz CT molecular complexity index is 801. The zero-order valence-electron chi connectivity index (χ0n) is 14.3. The summed E-state index contributed by atoms with van der Waals surface area (Å²) in [5, 5.41) is 6.09. The van der Waals surface area contributed by atoms with Crippen molar-refractivity contribution in [3.05, 3.63) is 46.7 Å². The highest BCUT2D eigenvalue weighted by Crippen LogP contribution is 2.27. The molecule has 7 nitrogen and oxygen atoms in total. The fourth-order valence-electron chi connectivity index (χ4n) is 2.26. The van der Waals surface area contributed by atoms with E-state index in [0.717, 1.165) is 0 Å². The number of aromatic nitrogens is 1. The maximum Gasteiger partial charge on any atom is 0.279 e. The molecule has 0 bridgehead atoms. The molecule has 1 atom stereocenters. The second-order valence-electron chi connectivity index (χ2n) is 5.59. The van der Waals surface area contributed by atoms with Gasteiger partial charge in [0.2, 0.25) is 0 Å². The number of rotatable bonds is 7. The van der Waals surface area contributed by atoms with Crippen LogP contribution in [0.3, 0.4) is 0 Å². The Balaban J connectivity index is 1.88. The SMILES string of the molecule is COc1ccc(Cl)cc1NC(=O)C[NH+](C)CC(=O)Nc1cccnc1Cl. The highest BCUT2D eigenvalue weighted by Gasteiger charge is 2.16. The van der Waals surface area contributed by atoms with Crippen LogP contribution in [-0.2, 0) is 9.59 Å². The van der Waals surface area contributed by atoms with Gasteiger partial charge in [-0.2, -0.15) is 0 Å². The van der Waals surface area contributed by atoms with Gasteiger partial charge in [-0.3, -0.25) is 9.59 Å². The van der Waals surface area contributed by atoms with E-state index in [9.17, 15) is 9.59 Å². The van der Waals surface area contributed by atoms with E-state index < -0.39 is 0 Å². The van der Waals surface area contributed by atoms with Crippen LogP contribution < -0.4 is 20.3 Å². The van der Waals surface area contributed by atoms with E-state index in [1.807, 2.05) is 0 Å². The summed E-state index contributed by atoms with van der Waals surface area (Å²) in [6.07, 6.45) is 1.53. The molecule has 2 amide bonds. The van der Waals surface area contributed by atoms with Crippen molar-refractivity contribution in [2.75, 3.05) is 37.9 Å².